The van der Waals surface area contributed by atoms with Crippen molar-refractivity contribution in [2.45, 2.75) is 0 Å². The SMILES string of the molecule is c1ccc(-c2cc(-c3ccccc3)cc(-c3cc(-c4cc(-c5ccccc5)nc(-c5ccccc5)n4)ccc3-n3c4ccccc4c4cc5c6ccccc6n(-c6ccccc6)c5cc43)c2)cc1. The summed E-state index contributed by atoms with van der Waals surface area (Å²) in [6.45, 7) is 0. The van der Waals surface area contributed by atoms with E-state index in [1.54, 1.807) is 0 Å². The van der Waals surface area contributed by atoms with Gasteiger partial charge in [0.25, 0.3) is 0 Å². The van der Waals surface area contributed by atoms with E-state index in [0.717, 1.165) is 89.4 Å². The van der Waals surface area contributed by atoms with E-state index in [1.807, 2.05) is 24.3 Å². The monoisotopic (exact) mass is 866 g/mol. The van der Waals surface area contributed by atoms with Crippen molar-refractivity contribution >= 4 is 43.6 Å². The summed E-state index contributed by atoms with van der Waals surface area (Å²) < 4.78 is 4.90. The van der Waals surface area contributed by atoms with Gasteiger partial charge >= 0.3 is 0 Å². The normalized spacial score (nSPS) is 11.5. The lowest BCUT2D eigenvalue weighted by Gasteiger charge is -2.18. The molecular weight excluding hydrogens is 825 g/mol. The van der Waals surface area contributed by atoms with Crippen molar-refractivity contribution in [2.24, 2.45) is 0 Å². The van der Waals surface area contributed by atoms with Crippen molar-refractivity contribution in [1.29, 1.82) is 0 Å². The molecule has 318 valence electrons. The summed E-state index contributed by atoms with van der Waals surface area (Å²) in [7, 11) is 0. The Bertz CT molecular complexity index is 3870. The molecule has 10 aromatic carbocycles. The molecule has 68 heavy (non-hydrogen) atoms. The number of aromatic nitrogens is 4. The Morgan fingerprint density at radius 3 is 1.29 bits per heavy atom. The zero-order valence-electron chi connectivity index (χ0n) is 37.0. The van der Waals surface area contributed by atoms with E-state index in [2.05, 4.69) is 240 Å². The van der Waals surface area contributed by atoms with Crippen LogP contribution in [0.1, 0.15) is 0 Å². The van der Waals surface area contributed by atoms with Gasteiger partial charge in [0.2, 0.25) is 0 Å². The van der Waals surface area contributed by atoms with Gasteiger partial charge in [-0.15, -0.1) is 0 Å². The Labute approximate surface area is 394 Å². The van der Waals surface area contributed by atoms with Crippen LogP contribution in [0.3, 0.4) is 0 Å². The molecule has 0 radical (unpaired) electrons. The fraction of sp³-hybridized carbons (Fsp3) is 0. The topological polar surface area (TPSA) is 35.6 Å². The summed E-state index contributed by atoms with van der Waals surface area (Å²) in [6.07, 6.45) is 0. The van der Waals surface area contributed by atoms with Gasteiger partial charge in [0.15, 0.2) is 5.82 Å². The minimum atomic E-state index is 0.685. The van der Waals surface area contributed by atoms with Gasteiger partial charge in [-0.1, -0.05) is 182 Å². The second-order valence-electron chi connectivity index (χ2n) is 17.4. The van der Waals surface area contributed by atoms with Gasteiger partial charge in [-0.3, -0.25) is 0 Å². The number of rotatable bonds is 8. The third-order valence-electron chi connectivity index (χ3n) is 13.3. The number of hydrogen-bond donors (Lipinski definition) is 0. The van der Waals surface area contributed by atoms with Crippen molar-refractivity contribution in [3.63, 3.8) is 0 Å². The summed E-state index contributed by atoms with van der Waals surface area (Å²) in [6, 6.07) is 91.4. The first kappa shape index (κ1) is 39.3. The largest absolute Gasteiger partial charge is 0.309 e. The average molecular weight is 867 g/mol. The van der Waals surface area contributed by atoms with Gasteiger partial charge in [0.1, 0.15) is 0 Å². The van der Waals surface area contributed by atoms with E-state index in [0.29, 0.717) is 5.82 Å². The first-order valence-corrected chi connectivity index (χ1v) is 23.1. The highest BCUT2D eigenvalue weighted by atomic mass is 15.0. The van der Waals surface area contributed by atoms with Crippen LogP contribution >= 0.6 is 0 Å². The lowest BCUT2D eigenvalue weighted by molar-refractivity contribution is 1.16. The predicted molar refractivity (Wildman–Crippen MR) is 283 cm³/mol. The van der Waals surface area contributed by atoms with E-state index < -0.39 is 0 Å². The molecule has 0 aliphatic heterocycles. The molecule has 0 aliphatic carbocycles. The standard InChI is InChI=1S/C64H42N4/c1-6-20-43(21-7-1)48-36-49(44-22-8-2-9-23-44)38-50(37-48)54-39-47(58-41-57(45-24-10-3-11-25-45)65-64(66-58)46-26-12-4-13-27-46)34-35-61(54)68-60-33-19-17-31-53(60)56-40-55-52-30-16-18-32-59(52)67(62(55)42-63(56)68)51-28-14-5-15-29-51/h1-42H. The van der Waals surface area contributed by atoms with Crippen molar-refractivity contribution < 1.29 is 0 Å². The summed E-state index contributed by atoms with van der Waals surface area (Å²) in [5, 5.41) is 4.87. The van der Waals surface area contributed by atoms with Crippen LogP contribution in [0.25, 0.3) is 122 Å². The molecule has 13 rings (SSSR count). The zero-order chi connectivity index (χ0) is 45.0. The molecule has 0 saturated carbocycles. The summed E-state index contributed by atoms with van der Waals surface area (Å²) in [5.74, 6) is 0.685. The van der Waals surface area contributed by atoms with Crippen molar-refractivity contribution in [2.75, 3.05) is 0 Å². The first-order valence-electron chi connectivity index (χ1n) is 23.1. The second-order valence-corrected chi connectivity index (χ2v) is 17.4. The van der Waals surface area contributed by atoms with Crippen LogP contribution in [-0.4, -0.2) is 19.1 Å². The molecule has 0 unspecified atom stereocenters. The first-order chi connectivity index (χ1) is 33.7. The van der Waals surface area contributed by atoms with Crippen LogP contribution in [-0.2, 0) is 0 Å². The zero-order valence-corrected chi connectivity index (χ0v) is 37.0. The van der Waals surface area contributed by atoms with Gasteiger partial charge in [-0.25, -0.2) is 9.97 Å². The lowest BCUT2D eigenvalue weighted by atomic mass is 9.91. The Kier molecular flexibility index (Phi) is 9.47. The highest BCUT2D eigenvalue weighted by Gasteiger charge is 2.22. The molecule has 4 heteroatoms. The minimum absolute atomic E-state index is 0.685. The van der Waals surface area contributed by atoms with Crippen LogP contribution in [0.2, 0.25) is 0 Å². The quantitative estimate of drug-likeness (QED) is 0.153. The van der Waals surface area contributed by atoms with E-state index in [9.17, 15) is 0 Å². The molecule has 4 nitrogen and oxygen atoms in total. The molecule has 0 spiro atoms. The Morgan fingerprint density at radius 1 is 0.250 bits per heavy atom. The van der Waals surface area contributed by atoms with Crippen LogP contribution in [0, 0.1) is 0 Å². The summed E-state index contributed by atoms with van der Waals surface area (Å²) in [4.78, 5) is 10.5. The lowest BCUT2D eigenvalue weighted by Crippen LogP contribution is -2.00. The Morgan fingerprint density at radius 2 is 0.706 bits per heavy atom. The third kappa shape index (κ3) is 6.78. The van der Waals surface area contributed by atoms with Crippen molar-refractivity contribution in [3.05, 3.63) is 255 Å². The maximum Gasteiger partial charge on any atom is 0.160 e. The molecule has 0 aliphatic rings. The van der Waals surface area contributed by atoms with Gasteiger partial charge in [0.05, 0.1) is 39.1 Å². The van der Waals surface area contributed by atoms with Crippen LogP contribution in [0.4, 0.5) is 0 Å². The van der Waals surface area contributed by atoms with Crippen LogP contribution in [0.5, 0.6) is 0 Å². The molecule has 0 saturated heterocycles. The Hall–Kier alpha value is -9.12. The highest BCUT2D eigenvalue weighted by molar-refractivity contribution is 6.19. The smallest absolute Gasteiger partial charge is 0.160 e. The average Bonchev–Trinajstić information content (AvgIpc) is 3.92. The van der Waals surface area contributed by atoms with Gasteiger partial charge < -0.3 is 9.13 Å². The molecule has 0 fully saturated rings. The summed E-state index contributed by atoms with van der Waals surface area (Å²) >= 11 is 0. The molecule has 0 amide bonds. The van der Waals surface area contributed by atoms with Crippen molar-refractivity contribution in [3.8, 4) is 78.7 Å². The fourth-order valence-electron chi connectivity index (χ4n) is 10.1. The van der Waals surface area contributed by atoms with Gasteiger partial charge in [-0.2, -0.15) is 0 Å². The molecule has 3 heterocycles. The fourth-order valence-corrected chi connectivity index (χ4v) is 10.1. The van der Waals surface area contributed by atoms with Crippen LogP contribution < -0.4 is 0 Å². The van der Waals surface area contributed by atoms with Gasteiger partial charge in [-0.05, 0) is 101 Å². The maximum atomic E-state index is 5.33. The van der Waals surface area contributed by atoms with E-state index in [-0.39, 0.29) is 0 Å². The van der Waals surface area contributed by atoms with E-state index in [4.69, 9.17) is 9.97 Å². The summed E-state index contributed by atoms with van der Waals surface area (Å²) in [5.41, 5.74) is 18.4. The highest BCUT2D eigenvalue weighted by Crippen LogP contribution is 2.44. The number of hydrogen-bond acceptors (Lipinski definition) is 2. The third-order valence-corrected chi connectivity index (χ3v) is 13.3. The number of para-hydroxylation sites is 3. The number of benzene rings is 10. The molecule has 3 aromatic heterocycles. The second kappa shape index (κ2) is 16.4. The number of nitrogens with zero attached hydrogens (tertiary/aromatic N) is 4. The number of fused-ring (bicyclic) bond motifs is 6. The molecular formula is C64H42N4. The predicted octanol–water partition coefficient (Wildman–Crippen LogP) is 16.7. The maximum absolute atomic E-state index is 5.33. The molecule has 0 atom stereocenters. The van der Waals surface area contributed by atoms with E-state index >= 15 is 0 Å². The van der Waals surface area contributed by atoms with E-state index in [1.165, 1.54) is 27.1 Å². The molecule has 13 aromatic rings. The molecule has 0 bridgehead atoms. The van der Waals surface area contributed by atoms with Crippen LogP contribution in [0.15, 0.2) is 255 Å². The Balaban J connectivity index is 1.13. The minimum Gasteiger partial charge on any atom is -0.309 e. The van der Waals surface area contributed by atoms with Gasteiger partial charge in [0, 0.05) is 49.5 Å². The van der Waals surface area contributed by atoms with Crippen molar-refractivity contribution in [1.82, 2.24) is 19.1 Å². The molecule has 0 N–H and O–H groups in total.